The first-order valence-electron chi connectivity index (χ1n) is 5.53. The van der Waals surface area contributed by atoms with Crippen molar-refractivity contribution in [2.45, 2.75) is 31.8 Å². The fraction of sp³-hybridized carbons (Fsp3) is 0.800. The van der Waals surface area contributed by atoms with E-state index in [1.54, 1.807) is 0 Å². The van der Waals surface area contributed by atoms with E-state index in [4.69, 9.17) is 4.74 Å². The van der Waals surface area contributed by atoms with Gasteiger partial charge in [-0.15, -0.1) is 0 Å². The molecule has 1 fully saturated rings. The summed E-state index contributed by atoms with van der Waals surface area (Å²) in [4.78, 5) is 3.95. The Kier molecular flexibility index (Phi) is 4.11. The summed E-state index contributed by atoms with van der Waals surface area (Å²) in [5, 5.41) is 7.09. The standard InChI is InChI=1S/C10H17N3O2/c1-2-9(14-7-1)3-5-11-6-4-10-12-8-15-13-10/h8-9,11H,1-7H2. The maximum atomic E-state index is 5.53. The minimum atomic E-state index is 0.475. The first kappa shape index (κ1) is 10.6. The minimum Gasteiger partial charge on any atom is -0.378 e. The van der Waals surface area contributed by atoms with Gasteiger partial charge in [0.25, 0.3) is 0 Å². The molecule has 1 atom stereocenters. The molecule has 15 heavy (non-hydrogen) atoms. The van der Waals surface area contributed by atoms with Gasteiger partial charge in [-0.05, 0) is 25.8 Å². The fourth-order valence-electron chi connectivity index (χ4n) is 1.76. The molecule has 84 valence electrons. The van der Waals surface area contributed by atoms with Gasteiger partial charge in [0.15, 0.2) is 5.82 Å². The Morgan fingerprint density at radius 3 is 3.20 bits per heavy atom. The summed E-state index contributed by atoms with van der Waals surface area (Å²) >= 11 is 0. The van der Waals surface area contributed by atoms with Crippen LogP contribution >= 0.6 is 0 Å². The summed E-state index contributed by atoms with van der Waals surface area (Å²) in [5.41, 5.74) is 0. The van der Waals surface area contributed by atoms with Crippen molar-refractivity contribution in [3.8, 4) is 0 Å². The maximum absolute atomic E-state index is 5.53. The fourth-order valence-corrected chi connectivity index (χ4v) is 1.76. The molecule has 0 amide bonds. The van der Waals surface area contributed by atoms with Gasteiger partial charge in [-0.2, -0.15) is 4.98 Å². The van der Waals surface area contributed by atoms with Gasteiger partial charge in [0.05, 0.1) is 6.10 Å². The third kappa shape index (κ3) is 3.60. The lowest BCUT2D eigenvalue weighted by Crippen LogP contribution is -2.22. The predicted molar refractivity (Wildman–Crippen MR) is 54.5 cm³/mol. The van der Waals surface area contributed by atoms with Crippen molar-refractivity contribution in [1.82, 2.24) is 15.5 Å². The van der Waals surface area contributed by atoms with Crippen LogP contribution in [0.3, 0.4) is 0 Å². The van der Waals surface area contributed by atoms with Crippen molar-refractivity contribution in [3.05, 3.63) is 12.2 Å². The second-order valence-corrected chi connectivity index (χ2v) is 3.77. The largest absolute Gasteiger partial charge is 0.378 e. The summed E-state index contributed by atoms with van der Waals surface area (Å²) < 4.78 is 10.2. The van der Waals surface area contributed by atoms with Crippen LogP contribution in [0.4, 0.5) is 0 Å². The molecule has 1 unspecified atom stereocenters. The zero-order chi connectivity index (χ0) is 10.3. The Morgan fingerprint density at radius 2 is 2.47 bits per heavy atom. The van der Waals surface area contributed by atoms with Crippen molar-refractivity contribution in [2.75, 3.05) is 19.7 Å². The highest BCUT2D eigenvalue weighted by Crippen LogP contribution is 2.14. The summed E-state index contributed by atoms with van der Waals surface area (Å²) in [6, 6.07) is 0. The number of rotatable bonds is 6. The molecule has 1 aromatic heterocycles. The lowest BCUT2D eigenvalue weighted by Gasteiger charge is -2.09. The zero-order valence-corrected chi connectivity index (χ0v) is 8.82. The van der Waals surface area contributed by atoms with Crippen LogP contribution in [0.2, 0.25) is 0 Å². The molecule has 2 rings (SSSR count). The SMILES string of the molecule is c1nc(CCNCCC2CCCO2)no1. The van der Waals surface area contributed by atoms with Gasteiger partial charge in [-0.25, -0.2) is 0 Å². The van der Waals surface area contributed by atoms with Crippen molar-refractivity contribution in [2.24, 2.45) is 0 Å². The van der Waals surface area contributed by atoms with E-state index < -0.39 is 0 Å². The molecule has 0 spiro atoms. The van der Waals surface area contributed by atoms with Crippen molar-refractivity contribution < 1.29 is 9.26 Å². The molecular weight excluding hydrogens is 194 g/mol. The molecule has 0 saturated carbocycles. The van der Waals surface area contributed by atoms with E-state index in [1.807, 2.05) is 0 Å². The van der Waals surface area contributed by atoms with E-state index in [-0.39, 0.29) is 0 Å². The second kappa shape index (κ2) is 5.82. The van der Waals surface area contributed by atoms with E-state index in [1.165, 1.54) is 19.2 Å². The normalized spacial score (nSPS) is 20.9. The highest BCUT2D eigenvalue weighted by Gasteiger charge is 2.14. The highest BCUT2D eigenvalue weighted by atomic mass is 16.5. The number of nitrogens with one attached hydrogen (secondary N) is 1. The third-order valence-corrected chi connectivity index (χ3v) is 2.60. The molecule has 1 aromatic rings. The zero-order valence-electron chi connectivity index (χ0n) is 8.82. The van der Waals surface area contributed by atoms with E-state index in [0.717, 1.165) is 38.4 Å². The van der Waals surface area contributed by atoms with Crippen LogP contribution < -0.4 is 5.32 Å². The smallest absolute Gasteiger partial charge is 0.213 e. The topological polar surface area (TPSA) is 60.2 Å². The van der Waals surface area contributed by atoms with Crippen LogP contribution in [-0.2, 0) is 11.2 Å². The lowest BCUT2D eigenvalue weighted by molar-refractivity contribution is 0.104. The Labute approximate surface area is 89.2 Å². The van der Waals surface area contributed by atoms with Crippen molar-refractivity contribution >= 4 is 0 Å². The molecule has 0 aliphatic carbocycles. The average molecular weight is 211 g/mol. The van der Waals surface area contributed by atoms with Gasteiger partial charge in [0, 0.05) is 19.6 Å². The third-order valence-electron chi connectivity index (χ3n) is 2.60. The van der Waals surface area contributed by atoms with Crippen molar-refractivity contribution in [1.29, 1.82) is 0 Å². The van der Waals surface area contributed by atoms with Gasteiger partial charge in [0.2, 0.25) is 6.39 Å². The monoisotopic (exact) mass is 211 g/mol. The Balaban J connectivity index is 1.48. The second-order valence-electron chi connectivity index (χ2n) is 3.77. The van der Waals surface area contributed by atoms with Crippen LogP contribution in [0.25, 0.3) is 0 Å². The first-order chi connectivity index (χ1) is 7.45. The first-order valence-corrected chi connectivity index (χ1v) is 5.53. The maximum Gasteiger partial charge on any atom is 0.213 e. The minimum absolute atomic E-state index is 0.475. The molecule has 0 aromatic carbocycles. The van der Waals surface area contributed by atoms with Gasteiger partial charge >= 0.3 is 0 Å². The molecule has 1 N–H and O–H groups in total. The molecule has 2 heterocycles. The summed E-state index contributed by atoms with van der Waals surface area (Å²) in [7, 11) is 0. The number of hydrogen-bond donors (Lipinski definition) is 1. The molecule has 0 bridgehead atoms. The van der Waals surface area contributed by atoms with Crippen LogP contribution in [0, 0.1) is 0 Å². The predicted octanol–water partition coefficient (Wildman–Crippen LogP) is 0.771. The summed E-state index contributed by atoms with van der Waals surface area (Å²) in [6.45, 7) is 2.84. The average Bonchev–Trinajstić information content (AvgIpc) is 2.88. The lowest BCUT2D eigenvalue weighted by atomic mass is 10.2. The van der Waals surface area contributed by atoms with E-state index in [2.05, 4.69) is 20.0 Å². The summed E-state index contributed by atoms with van der Waals surface area (Å²) in [5.74, 6) is 0.764. The summed E-state index contributed by atoms with van der Waals surface area (Å²) in [6.07, 6.45) is 6.19. The van der Waals surface area contributed by atoms with Crippen molar-refractivity contribution in [3.63, 3.8) is 0 Å². The molecule has 1 aliphatic heterocycles. The number of nitrogens with zero attached hydrogens (tertiary/aromatic N) is 2. The number of aromatic nitrogens is 2. The number of ether oxygens (including phenoxy) is 1. The molecule has 5 heteroatoms. The molecule has 1 aliphatic rings. The van der Waals surface area contributed by atoms with Gasteiger partial charge in [-0.3, -0.25) is 0 Å². The van der Waals surface area contributed by atoms with Crippen LogP contribution in [0.1, 0.15) is 25.1 Å². The van der Waals surface area contributed by atoms with Gasteiger partial charge < -0.3 is 14.6 Å². The Hall–Kier alpha value is -0.940. The van der Waals surface area contributed by atoms with Crippen LogP contribution in [0.5, 0.6) is 0 Å². The highest BCUT2D eigenvalue weighted by molar-refractivity contribution is 4.78. The molecule has 5 nitrogen and oxygen atoms in total. The molecule has 1 saturated heterocycles. The van der Waals surface area contributed by atoms with E-state index in [0.29, 0.717) is 6.10 Å². The quantitative estimate of drug-likeness (QED) is 0.704. The van der Waals surface area contributed by atoms with E-state index >= 15 is 0 Å². The molecule has 0 radical (unpaired) electrons. The van der Waals surface area contributed by atoms with E-state index in [9.17, 15) is 0 Å². The van der Waals surface area contributed by atoms with Crippen LogP contribution in [-0.4, -0.2) is 35.9 Å². The Morgan fingerprint density at radius 1 is 1.47 bits per heavy atom. The van der Waals surface area contributed by atoms with Gasteiger partial charge in [0.1, 0.15) is 0 Å². The Bertz CT molecular complexity index is 258. The van der Waals surface area contributed by atoms with Crippen LogP contribution in [0.15, 0.2) is 10.9 Å². The molecular formula is C10H17N3O2. The number of hydrogen-bond acceptors (Lipinski definition) is 5. The van der Waals surface area contributed by atoms with Gasteiger partial charge in [-0.1, -0.05) is 5.16 Å².